The molecule has 0 spiro atoms. The van der Waals surface area contributed by atoms with Crippen LogP contribution in [0.3, 0.4) is 0 Å². The normalized spacial score (nSPS) is 15.3. The number of anilines is 1. The molecule has 3 heterocycles. The first-order chi connectivity index (χ1) is 11.2. The van der Waals surface area contributed by atoms with Gasteiger partial charge in [0.1, 0.15) is 5.75 Å². The zero-order valence-electron chi connectivity index (χ0n) is 13.1. The van der Waals surface area contributed by atoms with E-state index in [0.717, 1.165) is 30.8 Å². The molecule has 6 heteroatoms. The Morgan fingerprint density at radius 2 is 2.04 bits per heavy atom. The van der Waals surface area contributed by atoms with E-state index in [1.54, 1.807) is 17.2 Å². The highest BCUT2D eigenvalue weighted by molar-refractivity contribution is 5.94. The van der Waals surface area contributed by atoms with Gasteiger partial charge in [0.2, 0.25) is 0 Å². The molecule has 2 aromatic rings. The fourth-order valence-electron chi connectivity index (χ4n) is 2.89. The van der Waals surface area contributed by atoms with Gasteiger partial charge >= 0.3 is 0 Å². The van der Waals surface area contributed by atoms with Crippen LogP contribution in [0.1, 0.15) is 22.5 Å². The minimum absolute atomic E-state index is 0.0661. The third kappa shape index (κ3) is 3.26. The second-order valence-electron chi connectivity index (χ2n) is 5.67. The van der Waals surface area contributed by atoms with Crippen LogP contribution in [0.5, 0.6) is 5.75 Å². The molecule has 0 aliphatic carbocycles. The van der Waals surface area contributed by atoms with Gasteiger partial charge in [-0.25, -0.2) is 4.98 Å². The van der Waals surface area contributed by atoms with Crippen molar-refractivity contribution in [1.82, 2.24) is 14.9 Å². The molecule has 6 nitrogen and oxygen atoms in total. The number of aryl methyl sites for hydroxylation is 1. The summed E-state index contributed by atoms with van der Waals surface area (Å²) < 4.78 is 0. The monoisotopic (exact) mass is 312 g/mol. The number of hydrogen-bond donors (Lipinski definition) is 1. The molecule has 1 amide bonds. The summed E-state index contributed by atoms with van der Waals surface area (Å²) in [6, 6.07) is 5.12. The van der Waals surface area contributed by atoms with Crippen LogP contribution in [0.4, 0.5) is 5.69 Å². The molecule has 0 atom stereocenters. The van der Waals surface area contributed by atoms with Gasteiger partial charge < -0.3 is 14.9 Å². The topological polar surface area (TPSA) is 69.6 Å². The predicted octanol–water partition coefficient (Wildman–Crippen LogP) is 1.84. The fourth-order valence-corrected chi connectivity index (χ4v) is 2.89. The van der Waals surface area contributed by atoms with Crippen LogP contribution in [0.25, 0.3) is 0 Å². The lowest BCUT2D eigenvalue weighted by Gasteiger charge is -2.25. The minimum atomic E-state index is -0.212. The van der Waals surface area contributed by atoms with E-state index in [1.165, 1.54) is 12.3 Å². The van der Waals surface area contributed by atoms with Crippen LogP contribution in [0, 0.1) is 6.92 Å². The molecule has 0 radical (unpaired) electrons. The Bertz CT molecular complexity index is 704. The van der Waals surface area contributed by atoms with Gasteiger partial charge in [-0.3, -0.25) is 9.78 Å². The fraction of sp³-hybridized carbons (Fsp3) is 0.353. The van der Waals surface area contributed by atoms with Crippen molar-refractivity contribution in [2.45, 2.75) is 13.3 Å². The van der Waals surface area contributed by atoms with E-state index in [4.69, 9.17) is 0 Å². The maximum absolute atomic E-state index is 12.6. The van der Waals surface area contributed by atoms with Crippen molar-refractivity contribution in [2.75, 3.05) is 31.1 Å². The summed E-state index contributed by atoms with van der Waals surface area (Å²) in [5.74, 6) is -0.278. The Kier molecular flexibility index (Phi) is 4.41. The lowest BCUT2D eigenvalue weighted by molar-refractivity contribution is 0.0758. The van der Waals surface area contributed by atoms with E-state index in [1.807, 2.05) is 19.2 Å². The minimum Gasteiger partial charge on any atom is -0.505 e. The number of aromatic nitrogens is 2. The molecule has 23 heavy (non-hydrogen) atoms. The molecule has 1 N–H and O–H groups in total. The molecule has 0 aromatic carbocycles. The van der Waals surface area contributed by atoms with Crippen molar-refractivity contribution < 1.29 is 9.90 Å². The zero-order chi connectivity index (χ0) is 16.2. The molecule has 1 saturated heterocycles. The lowest BCUT2D eigenvalue weighted by atomic mass is 10.2. The number of amides is 1. The Hall–Kier alpha value is -2.63. The van der Waals surface area contributed by atoms with Gasteiger partial charge in [0.15, 0.2) is 5.69 Å². The number of hydrogen-bond acceptors (Lipinski definition) is 5. The Balaban J connectivity index is 1.73. The summed E-state index contributed by atoms with van der Waals surface area (Å²) in [4.78, 5) is 24.7. The van der Waals surface area contributed by atoms with E-state index in [0.29, 0.717) is 13.1 Å². The second-order valence-corrected chi connectivity index (χ2v) is 5.67. The Labute approximate surface area is 135 Å². The second kappa shape index (κ2) is 6.64. The number of pyridine rings is 2. The summed E-state index contributed by atoms with van der Waals surface area (Å²) in [6.45, 7) is 4.96. The first-order valence-electron chi connectivity index (χ1n) is 7.75. The standard InChI is InChI=1S/C17H20N4O2/c1-13-12-18-7-5-14(13)20-8-3-9-21(11-10-20)17(23)16-15(22)4-2-6-19-16/h2,4-7,12,22H,3,8-11H2,1H3. The summed E-state index contributed by atoms with van der Waals surface area (Å²) >= 11 is 0. The van der Waals surface area contributed by atoms with E-state index in [2.05, 4.69) is 14.9 Å². The van der Waals surface area contributed by atoms with Crippen LogP contribution in [-0.2, 0) is 0 Å². The maximum atomic E-state index is 12.6. The summed E-state index contributed by atoms with van der Waals surface area (Å²) in [5, 5.41) is 9.82. The molecule has 1 aliphatic heterocycles. The van der Waals surface area contributed by atoms with Gasteiger partial charge in [0.05, 0.1) is 0 Å². The first kappa shape index (κ1) is 15.3. The van der Waals surface area contributed by atoms with Gasteiger partial charge in [-0.15, -0.1) is 0 Å². The van der Waals surface area contributed by atoms with Gasteiger partial charge in [-0.2, -0.15) is 0 Å². The van der Waals surface area contributed by atoms with Crippen LogP contribution >= 0.6 is 0 Å². The Morgan fingerprint density at radius 3 is 2.83 bits per heavy atom. The largest absolute Gasteiger partial charge is 0.505 e. The van der Waals surface area contributed by atoms with Gasteiger partial charge in [-0.1, -0.05) is 0 Å². The SMILES string of the molecule is Cc1cnccc1N1CCCN(C(=O)c2ncccc2O)CC1. The highest BCUT2D eigenvalue weighted by Gasteiger charge is 2.23. The Morgan fingerprint density at radius 1 is 1.17 bits per heavy atom. The third-order valence-corrected chi connectivity index (χ3v) is 4.10. The van der Waals surface area contributed by atoms with Crippen LogP contribution in [0.2, 0.25) is 0 Å². The average Bonchev–Trinajstić information content (AvgIpc) is 2.81. The summed E-state index contributed by atoms with van der Waals surface area (Å²) in [5.41, 5.74) is 2.42. The average molecular weight is 312 g/mol. The highest BCUT2D eigenvalue weighted by atomic mass is 16.3. The number of carbonyl (C=O) groups is 1. The van der Waals surface area contributed by atoms with Crippen molar-refractivity contribution in [3.8, 4) is 5.75 Å². The zero-order valence-corrected chi connectivity index (χ0v) is 13.1. The molecule has 0 saturated carbocycles. The molecular weight excluding hydrogens is 292 g/mol. The van der Waals surface area contributed by atoms with Gasteiger partial charge in [0, 0.05) is 50.5 Å². The highest BCUT2D eigenvalue weighted by Crippen LogP contribution is 2.21. The number of nitrogens with zero attached hydrogens (tertiary/aromatic N) is 4. The van der Waals surface area contributed by atoms with Crippen LogP contribution < -0.4 is 4.90 Å². The molecule has 3 rings (SSSR count). The van der Waals surface area contributed by atoms with Crippen molar-refractivity contribution in [3.63, 3.8) is 0 Å². The molecule has 1 fully saturated rings. The van der Waals surface area contributed by atoms with E-state index >= 15 is 0 Å². The molecule has 2 aromatic heterocycles. The quantitative estimate of drug-likeness (QED) is 0.916. The first-order valence-corrected chi connectivity index (χ1v) is 7.75. The van der Waals surface area contributed by atoms with E-state index in [9.17, 15) is 9.90 Å². The van der Waals surface area contributed by atoms with Crippen LogP contribution in [-0.4, -0.2) is 52.1 Å². The smallest absolute Gasteiger partial charge is 0.276 e. The van der Waals surface area contributed by atoms with Gasteiger partial charge in [-0.05, 0) is 37.1 Å². The molecule has 0 unspecified atom stereocenters. The van der Waals surface area contributed by atoms with E-state index in [-0.39, 0.29) is 17.4 Å². The van der Waals surface area contributed by atoms with E-state index < -0.39 is 0 Å². The summed E-state index contributed by atoms with van der Waals surface area (Å²) in [7, 11) is 0. The van der Waals surface area contributed by atoms with Gasteiger partial charge in [0.25, 0.3) is 5.91 Å². The number of carbonyl (C=O) groups excluding carboxylic acids is 1. The molecular formula is C17H20N4O2. The van der Waals surface area contributed by atoms with Crippen molar-refractivity contribution in [1.29, 1.82) is 0 Å². The molecule has 0 bridgehead atoms. The van der Waals surface area contributed by atoms with Crippen LogP contribution in [0.15, 0.2) is 36.8 Å². The van der Waals surface area contributed by atoms with Crippen molar-refractivity contribution in [3.05, 3.63) is 48.0 Å². The lowest BCUT2D eigenvalue weighted by Crippen LogP contribution is -2.35. The number of aromatic hydroxyl groups is 1. The summed E-state index contributed by atoms with van der Waals surface area (Å²) in [6.07, 6.45) is 6.05. The predicted molar refractivity (Wildman–Crippen MR) is 87.6 cm³/mol. The molecule has 120 valence electrons. The number of rotatable bonds is 2. The third-order valence-electron chi connectivity index (χ3n) is 4.10. The van der Waals surface area contributed by atoms with Crippen molar-refractivity contribution in [2.24, 2.45) is 0 Å². The molecule has 1 aliphatic rings. The maximum Gasteiger partial charge on any atom is 0.276 e. The van der Waals surface area contributed by atoms with Crippen molar-refractivity contribution >= 4 is 11.6 Å².